The van der Waals surface area contributed by atoms with Crippen molar-refractivity contribution in [2.75, 3.05) is 0 Å². The van der Waals surface area contributed by atoms with Crippen LogP contribution >= 0.6 is 0 Å². The van der Waals surface area contributed by atoms with Crippen LogP contribution in [0.4, 0.5) is 30.7 Å². The molecule has 23 heavy (non-hydrogen) atoms. The van der Waals surface area contributed by atoms with Crippen LogP contribution in [-0.4, -0.2) is 23.8 Å². The zero-order chi connectivity index (χ0) is 17.8. The van der Waals surface area contributed by atoms with Gasteiger partial charge in [0, 0.05) is 6.07 Å². The second kappa shape index (κ2) is 6.80. The maximum atomic E-state index is 14.0. The normalized spacial score (nSPS) is 13.5. The first-order valence-corrected chi connectivity index (χ1v) is 5.82. The van der Waals surface area contributed by atoms with Crippen molar-refractivity contribution in [2.45, 2.75) is 19.2 Å². The van der Waals surface area contributed by atoms with Crippen molar-refractivity contribution in [3.8, 4) is 0 Å². The van der Waals surface area contributed by atoms with E-state index >= 15 is 0 Å². The number of carbonyl (C=O) groups is 1. The minimum Gasteiger partial charge on any atom is -0.294 e. The molecule has 0 aliphatic rings. The average molecular weight is 343 g/mol. The van der Waals surface area contributed by atoms with E-state index < -0.39 is 41.0 Å². The molecule has 0 unspecified atom stereocenters. The largest absolute Gasteiger partial charge is 0.593 e. The quantitative estimate of drug-likeness (QED) is 0.347. The highest BCUT2D eigenvalue weighted by Gasteiger charge is 2.46. The molecule has 0 aromatic heterocycles. The van der Waals surface area contributed by atoms with E-state index in [9.17, 15) is 35.5 Å². The molecule has 0 atom stereocenters. The second-order valence-corrected chi connectivity index (χ2v) is 4.04. The van der Waals surface area contributed by atoms with Gasteiger partial charge in [0.15, 0.2) is 5.71 Å². The van der Waals surface area contributed by atoms with Crippen LogP contribution in [0.2, 0.25) is 0 Å². The summed E-state index contributed by atoms with van der Waals surface area (Å²) in [5.41, 5.74) is -2.90. The maximum Gasteiger partial charge on any atom is 0.593 e. The molecular weight excluding hydrogens is 335 g/mol. The molecule has 3 nitrogen and oxygen atoms in total. The van der Waals surface area contributed by atoms with Crippen LogP contribution in [0, 0.1) is 11.6 Å². The van der Waals surface area contributed by atoms with Gasteiger partial charge in [0.1, 0.15) is 11.6 Å². The first-order valence-electron chi connectivity index (χ1n) is 5.82. The summed E-state index contributed by atoms with van der Waals surface area (Å²) in [5, 5.41) is 2.19. The Hall–Kier alpha value is -2.39. The number of hydrogen-bond donors (Lipinski definition) is 0. The number of allylic oxidation sites excluding steroid dienone is 2. The predicted octanol–water partition coefficient (Wildman–Crippen LogP) is 4.25. The molecule has 0 fully saturated rings. The Balaban J connectivity index is 3.26. The van der Waals surface area contributed by atoms with Gasteiger partial charge < -0.3 is 0 Å². The molecule has 0 amide bonds. The molecule has 0 heterocycles. The van der Waals surface area contributed by atoms with Crippen molar-refractivity contribution < 1.29 is 40.4 Å². The first-order chi connectivity index (χ1) is 10.5. The first kappa shape index (κ1) is 18.7. The summed E-state index contributed by atoms with van der Waals surface area (Å²) in [6, 6.07) is 1.17. The standard InChI is InChI=1S/C13H8F7NO2/c1-2-3-10(21-23-13(18,19)20)12(16,17)11(22)8-5-4-7(14)6-9(8)15/h2-6H,1H3/b3-2-,21-10+. The Morgan fingerprint density at radius 3 is 2.26 bits per heavy atom. The lowest BCUT2D eigenvalue weighted by atomic mass is 10.0. The van der Waals surface area contributed by atoms with Crippen molar-refractivity contribution in [3.05, 3.63) is 47.5 Å². The number of carbonyl (C=O) groups excluding carboxylic acids is 1. The van der Waals surface area contributed by atoms with Gasteiger partial charge in [-0.25, -0.2) is 8.78 Å². The third kappa shape index (κ3) is 4.80. The predicted molar refractivity (Wildman–Crippen MR) is 65.0 cm³/mol. The van der Waals surface area contributed by atoms with Crippen LogP contribution in [0.1, 0.15) is 17.3 Å². The molecule has 0 radical (unpaired) electrons. The average Bonchev–Trinajstić information content (AvgIpc) is 2.41. The number of halogens is 7. The number of oxime groups is 1. The Bertz CT molecular complexity index is 650. The number of Topliss-reactive ketones (excluding diaryl/α,β-unsaturated/α-hetero) is 1. The maximum absolute atomic E-state index is 14.0. The van der Waals surface area contributed by atoms with E-state index in [1.807, 2.05) is 0 Å². The van der Waals surface area contributed by atoms with E-state index in [2.05, 4.69) is 9.99 Å². The molecule has 0 N–H and O–H groups in total. The number of alkyl halides is 5. The lowest BCUT2D eigenvalue weighted by Gasteiger charge is -2.15. The Morgan fingerprint density at radius 1 is 1.17 bits per heavy atom. The van der Waals surface area contributed by atoms with Gasteiger partial charge in [-0.1, -0.05) is 11.2 Å². The van der Waals surface area contributed by atoms with Crippen molar-refractivity contribution in [1.82, 2.24) is 0 Å². The van der Waals surface area contributed by atoms with Crippen LogP contribution < -0.4 is 0 Å². The molecular formula is C13H8F7NO2. The molecule has 10 heteroatoms. The van der Waals surface area contributed by atoms with E-state index in [0.717, 1.165) is 6.08 Å². The Kier molecular flexibility index (Phi) is 5.51. The lowest BCUT2D eigenvalue weighted by molar-refractivity contribution is -0.325. The topological polar surface area (TPSA) is 38.7 Å². The third-order valence-corrected chi connectivity index (χ3v) is 2.35. The van der Waals surface area contributed by atoms with Gasteiger partial charge in [-0.05, 0) is 25.1 Å². The smallest absolute Gasteiger partial charge is 0.294 e. The van der Waals surface area contributed by atoms with Crippen molar-refractivity contribution in [2.24, 2.45) is 5.16 Å². The Morgan fingerprint density at radius 2 is 1.78 bits per heavy atom. The molecule has 0 spiro atoms. The van der Waals surface area contributed by atoms with Crippen LogP contribution in [0.25, 0.3) is 0 Å². The van der Waals surface area contributed by atoms with Crippen LogP contribution in [-0.2, 0) is 4.84 Å². The Labute approximate surface area is 125 Å². The number of nitrogens with zero attached hydrogens (tertiary/aromatic N) is 1. The molecule has 0 aliphatic heterocycles. The number of hydrogen-bond acceptors (Lipinski definition) is 3. The third-order valence-electron chi connectivity index (χ3n) is 2.35. The van der Waals surface area contributed by atoms with E-state index in [4.69, 9.17) is 0 Å². The zero-order valence-corrected chi connectivity index (χ0v) is 11.3. The fourth-order valence-corrected chi connectivity index (χ4v) is 1.41. The molecule has 0 saturated heterocycles. The summed E-state index contributed by atoms with van der Waals surface area (Å²) < 4.78 is 89.7. The minimum atomic E-state index is -5.35. The van der Waals surface area contributed by atoms with Gasteiger partial charge in [-0.2, -0.15) is 8.78 Å². The molecule has 0 saturated carbocycles. The monoisotopic (exact) mass is 343 g/mol. The summed E-state index contributed by atoms with van der Waals surface area (Å²) in [6.45, 7) is 1.17. The van der Waals surface area contributed by atoms with Crippen molar-refractivity contribution in [1.29, 1.82) is 0 Å². The second-order valence-electron chi connectivity index (χ2n) is 4.04. The van der Waals surface area contributed by atoms with E-state index in [1.165, 1.54) is 6.92 Å². The van der Waals surface area contributed by atoms with Gasteiger partial charge in [0.25, 0.3) is 0 Å². The molecule has 1 rings (SSSR count). The van der Waals surface area contributed by atoms with Gasteiger partial charge in [0.05, 0.1) is 5.56 Å². The van der Waals surface area contributed by atoms with Gasteiger partial charge >= 0.3 is 12.3 Å². The molecule has 0 bridgehead atoms. The van der Waals surface area contributed by atoms with E-state index in [0.29, 0.717) is 18.2 Å². The fraction of sp³-hybridized carbons (Fsp3) is 0.231. The summed E-state index contributed by atoms with van der Waals surface area (Å²) in [6.07, 6.45) is -4.08. The van der Waals surface area contributed by atoms with Crippen molar-refractivity contribution in [3.63, 3.8) is 0 Å². The summed E-state index contributed by atoms with van der Waals surface area (Å²) in [4.78, 5) is 14.6. The number of benzene rings is 1. The van der Waals surface area contributed by atoms with E-state index in [-0.39, 0.29) is 6.07 Å². The molecule has 0 aliphatic carbocycles. The van der Waals surface area contributed by atoms with Gasteiger partial charge in [-0.15, -0.1) is 13.2 Å². The van der Waals surface area contributed by atoms with E-state index in [1.54, 1.807) is 0 Å². The van der Waals surface area contributed by atoms with Crippen LogP contribution in [0.3, 0.4) is 0 Å². The van der Waals surface area contributed by atoms with Crippen molar-refractivity contribution >= 4 is 11.5 Å². The highest BCUT2D eigenvalue weighted by Crippen LogP contribution is 2.26. The fourth-order valence-electron chi connectivity index (χ4n) is 1.41. The van der Waals surface area contributed by atoms with Gasteiger partial charge in [-0.3, -0.25) is 9.63 Å². The zero-order valence-electron chi connectivity index (χ0n) is 11.3. The summed E-state index contributed by atoms with van der Waals surface area (Å²) >= 11 is 0. The SMILES string of the molecule is C/C=C\C(=N/OC(F)(F)F)C(F)(F)C(=O)c1ccc(F)cc1F. The molecule has 1 aromatic rings. The number of rotatable bonds is 5. The molecule has 126 valence electrons. The highest BCUT2D eigenvalue weighted by molar-refractivity contribution is 6.21. The van der Waals surface area contributed by atoms with Gasteiger partial charge in [0.2, 0.25) is 5.78 Å². The lowest BCUT2D eigenvalue weighted by Crippen LogP contribution is -2.38. The summed E-state index contributed by atoms with van der Waals surface area (Å²) in [5.74, 6) is -9.54. The minimum absolute atomic E-state index is 0.183. The molecule has 1 aromatic carbocycles. The number of ketones is 1. The van der Waals surface area contributed by atoms with Crippen LogP contribution in [0.15, 0.2) is 35.5 Å². The summed E-state index contributed by atoms with van der Waals surface area (Å²) in [7, 11) is 0. The van der Waals surface area contributed by atoms with Crippen LogP contribution in [0.5, 0.6) is 0 Å². The highest BCUT2D eigenvalue weighted by atomic mass is 19.4.